The number of aryl methyl sites for hydroxylation is 1. The zero-order valence-electron chi connectivity index (χ0n) is 9.53. The Morgan fingerprint density at radius 1 is 1.33 bits per heavy atom. The maximum absolute atomic E-state index is 9.80. The smallest absolute Gasteiger partial charge is 0.123 e. The van der Waals surface area contributed by atoms with Crippen molar-refractivity contribution in [3.05, 3.63) is 29.3 Å². The van der Waals surface area contributed by atoms with E-state index in [0.29, 0.717) is 11.7 Å². The summed E-state index contributed by atoms with van der Waals surface area (Å²) in [4.78, 5) is 0. The first-order chi connectivity index (χ1) is 6.52. The molecule has 0 unspecified atom stereocenters. The summed E-state index contributed by atoms with van der Waals surface area (Å²) in [7, 11) is 0. The molecule has 2 nitrogen and oxygen atoms in total. The molecule has 0 amide bonds. The van der Waals surface area contributed by atoms with Crippen molar-refractivity contribution in [2.24, 2.45) is 11.7 Å². The van der Waals surface area contributed by atoms with Crippen molar-refractivity contribution < 1.29 is 5.11 Å². The Balaban J connectivity index is 0.00000196. The van der Waals surface area contributed by atoms with E-state index in [0.717, 1.165) is 17.5 Å². The second-order valence-corrected chi connectivity index (χ2v) is 4.25. The van der Waals surface area contributed by atoms with E-state index in [4.69, 9.17) is 5.73 Å². The zero-order chi connectivity index (χ0) is 10.7. The van der Waals surface area contributed by atoms with Crippen LogP contribution >= 0.6 is 12.4 Å². The number of para-hydroxylation sites is 1. The van der Waals surface area contributed by atoms with Crippen LogP contribution in [0.25, 0.3) is 0 Å². The van der Waals surface area contributed by atoms with Crippen LogP contribution in [0.2, 0.25) is 0 Å². The summed E-state index contributed by atoms with van der Waals surface area (Å²) in [5, 5.41) is 9.80. The highest BCUT2D eigenvalue weighted by Gasteiger charge is 2.13. The molecule has 0 radical (unpaired) electrons. The average molecular weight is 230 g/mol. The van der Waals surface area contributed by atoms with Gasteiger partial charge in [0.15, 0.2) is 0 Å². The normalized spacial score (nSPS) is 12.3. The van der Waals surface area contributed by atoms with E-state index in [1.807, 2.05) is 25.1 Å². The van der Waals surface area contributed by atoms with Gasteiger partial charge in [-0.2, -0.15) is 0 Å². The molecule has 0 saturated carbocycles. The zero-order valence-corrected chi connectivity index (χ0v) is 10.3. The number of phenols is 1. The van der Waals surface area contributed by atoms with Gasteiger partial charge in [-0.1, -0.05) is 32.0 Å². The minimum atomic E-state index is -0.0603. The Hall–Kier alpha value is -0.730. The predicted molar refractivity (Wildman–Crippen MR) is 66.5 cm³/mol. The molecule has 1 rings (SSSR count). The van der Waals surface area contributed by atoms with Gasteiger partial charge in [-0.25, -0.2) is 0 Å². The molecule has 0 bridgehead atoms. The Kier molecular flexibility index (Phi) is 5.69. The highest BCUT2D eigenvalue weighted by atomic mass is 35.5. The molecule has 0 heterocycles. The van der Waals surface area contributed by atoms with Gasteiger partial charge >= 0.3 is 0 Å². The van der Waals surface area contributed by atoms with E-state index >= 15 is 0 Å². The molecule has 0 aliphatic rings. The van der Waals surface area contributed by atoms with E-state index in [9.17, 15) is 5.11 Å². The third kappa shape index (κ3) is 3.73. The van der Waals surface area contributed by atoms with Crippen molar-refractivity contribution >= 4 is 12.4 Å². The van der Waals surface area contributed by atoms with Crippen LogP contribution in [0.5, 0.6) is 5.75 Å². The van der Waals surface area contributed by atoms with Gasteiger partial charge in [0, 0.05) is 11.6 Å². The van der Waals surface area contributed by atoms with Gasteiger partial charge in [-0.15, -0.1) is 12.4 Å². The Labute approximate surface area is 97.9 Å². The largest absolute Gasteiger partial charge is 0.507 e. The van der Waals surface area contributed by atoms with Crippen LogP contribution in [0.1, 0.15) is 37.4 Å². The average Bonchev–Trinajstić information content (AvgIpc) is 2.08. The maximum atomic E-state index is 9.80. The minimum Gasteiger partial charge on any atom is -0.507 e. The Morgan fingerprint density at radius 2 is 1.93 bits per heavy atom. The van der Waals surface area contributed by atoms with Crippen LogP contribution in [0.3, 0.4) is 0 Å². The number of benzene rings is 1. The molecule has 3 N–H and O–H groups in total. The molecule has 1 atom stereocenters. The summed E-state index contributed by atoms with van der Waals surface area (Å²) in [5.74, 6) is 0.894. The first-order valence-corrected chi connectivity index (χ1v) is 5.06. The number of rotatable bonds is 3. The van der Waals surface area contributed by atoms with E-state index in [-0.39, 0.29) is 18.4 Å². The summed E-state index contributed by atoms with van der Waals surface area (Å²) in [6, 6.07) is 5.66. The number of hydrogen-bond acceptors (Lipinski definition) is 2. The van der Waals surface area contributed by atoms with Crippen LogP contribution in [0.15, 0.2) is 18.2 Å². The van der Waals surface area contributed by atoms with Crippen LogP contribution in [-0.2, 0) is 0 Å². The molecule has 1 aromatic rings. The van der Waals surface area contributed by atoms with Crippen molar-refractivity contribution in [1.29, 1.82) is 0 Å². The summed E-state index contributed by atoms with van der Waals surface area (Å²) in [6.07, 6.45) is 0.900. The molecule has 0 aliphatic carbocycles. The lowest BCUT2D eigenvalue weighted by Crippen LogP contribution is -2.13. The Bertz CT molecular complexity index is 312. The number of phenolic OH excluding ortho intramolecular Hbond substituents is 1. The highest BCUT2D eigenvalue weighted by Crippen LogP contribution is 2.29. The van der Waals surface area contributed by atoms with Crippen molar-refractivity contribution in [2.45, 2.75) is 33.2 Å². The third-order valence-corrected chi connectivity index (χ3v) is 2.39. The molecule has 0 saturated heterocycles. The van der Waals surface area contributed by atoms with Gasteiger partial charge in [0.05, 0.1) is 0 Å². The number of halogens is 1. The number of aromatic hydroxyl groups is 1. The molecule has 0 aliphatic heterocycles. The summed E-state index contributed by atoms with van der Waals surface area (Å²) in [5.41, 5.74) is 7.76. The van der Waals surface area contributed by atoms with Crippen molar-refractivity contribution in [2.75, 3.05) is 0 Å². The van der Waals surface area contributed by atoms with Crippen LogP contribution in [-0.4, -0.2) is 5.11 Å². The lowest BCUT2D eigenvalue weighted by Gasteiger charge is -2.16. The minimum absolute atomic E-state index is 0. The Morgan fingerprint density at radius 3 is 2.47 bits per heavy atom. The van der Waals surface area contributed by atoms with Gasteiger partial charge in [0.1, 0.15) is 5.75 Å². The highest BCUT2D eigenvalue weighted by molar-refractivity contribution is 5.85. The maximum Gasteiger partial charge on any atom is 0.123 e. The molecular weight excluding hydrogens is 210 g/mol. The molecule has 0 aromatic heterocycles. The fraction of sp³-hybridized carbons (Fsp3) is 0.500. The van der Waals surface area contributed by atoms with E-state index in [2.05, 4.69) is 13.8 Å². The lowest BCUT2D eigenvalue weighted by molar-refractivity contribution is 0.442. The van der Waals surface area contributed by atoms with Gasteiger partial charge < -0.3 is 10.8 Å². The molecule has 15 heavy (non-hydrogen) atoms. The first kappa shape index (κ1) is 14.3. The standard InChI is InChI=1S/C12H19NO.ClH/c1-8(2)7-11(13)10-6-4-5-9(3)12(10)14;/h4-6,8,11,14H,7,13H2,1-3H3;1H/t11-;/m1./s1. The fourth-order valence-corrected chi connectivity index (χ4v) is 1.62. The summed E-state index contributed by atoms with van der Waals surface area (Å²) in [6.45, 7) is 6.15. The SMILES string of the molecule is Cc1cccc([C@H](N)CC(C)C)c1O.Cl. The van der Waals surface area contributed by atoms with E-state index in [1.54, 1.807) is 0 Å². The lowest BCUT2D eigenvalue weighted by atomic mass is 9.96. The topological polar surface area (TPSA) is 46.2 Å². The second kappa shape index (κ2) is 5.99. The first-order valence-electron chi connectivity index (χ1n) is 5.06. The summed E-state index contributed by atoms with van der Waals surface area (Å²) >= 11 is 0. The molecular formula is C12H20ClNO. The molecule has 0 spiro atoms. The van der Waals surface area contributed by atoms with Crippen LogP contribution < -0.4 is 5.73 Å². The second-order valence-electron chi connectivity index (χ2n) is 4.25. The number of hydrogen-bond donors (Lipinski definition) is 2. The van der Waals surface area contributed by atoms with Gasteiger partial charge in [0.2, 0.25) is 0 Å². The predicted octanol–water partition coefficient (Wildman–Crippen LogP) is 3.17. The molecule has 86 valence electrons. The van der Waals surface area contributed by atoms with Crippen LogP contribution in [0, 0.1) is 12.8 Å². The van der Waals surface area contributed by atoms with Gasteiger partial charge in [0.25, 0.3) is 0 Å². The summed E-state index contributed by atoms with van der Waals surface area (Å²) < 4.78 is 0. The molecule has 1 aromatic carbocycles. The van der Waals surface area contributed by atoms with Gasteiger partial charge in [-0.3, -0.25) is 0 Å². The number of nitrogens with two attached hydrogens (primary N) is 1. The van der Waals surface area contributed by atoms with E-state index in [1.165, 1.54) is 0 Å². The van der Waals surface area contributed by atoms with Crippen molar-refractivity contribution in [1.82, 2.24) is 0 Å². The van der Waals surface area contributed by atoms with E-state index < -0.39 is 0 Å². The fourth-order valence-electron chi connectivity index (χ4n) is 1.62. The third-order valence-electron chi connectivity index (χ3n) is 2.39. The molecule has 0 fully saturated rings. The van der Waals surface area contributed by atoms with Crippen molar-refractivity contribution in [3.63, 3.8) is 0 Å². The van der Waals surface area contributed by atoms with Gasteiger partial charge in [-0.05, 0) is 24.8 Å². The molecule has 3 heteroatoms. The quantitative estimate of drug-likeness (QED) is 0.837. The van der Waals surface area contributed by atoms with Crippen molar-refractivity contribution in [3.8, 4) is 5.75 Å². The van der Waals surface area contributed by atoms with Crippen LogP contribution in [0.4, 0.5) is 0 Å². The monoisotopic (exact) mass is 229 g/mol.